The smallest absolute Gasteiger partial charge is 0.275 e. The lowest BCUT2D eigenvalue weighted by Gasteiger charge is -2.11. The van der Waals surface area contributed by atoms with E-state index in [9.17, 15) is 9.59 Å². The molecule has 0 aliphatic rings. The van der Waals surface area contributed by atoms with Gasteiger partial charge in [0.1, 0.15) is 11.4 Å². The molecule has 21 heavy (non-hydrogen) atoms. The number of ether oxygens (including phenoxy) is 1. The molecule has 1 aromatic carbocycles. The summed E-state index contributed by atoms with van der Waals surface area (Å²) in [7, 11) is 0. The average molecular weight is 306 g/mol. The molecule has 0 aliphatic carbocycles. The van der Waals surface area contributed by atoms with Crippen LogP contribution in [0.1, 0.15) is 16.9 Å². The van der Waals surface area contributed by atoms with E-state index >= 15 is 0 Å². The zero-order valence-corrected chi connectivity index (χ0v) is 11.9. The largest absolute Gasteiger partial charge is 0.491 e. The lowest BCUT2D eigenvalue weighted by molar-refractivity contribution is -0.118. The van der Waals surface area contributed by atoms with Crippen LogP contribution in [0.5, 0.6) is 5.75 Å². The van der Waals surface area contributed by atoms with Crippen molar-refractivity contribution in [3.8, 4) is 5.75 Å². The summed E-state index contributed by atoms with van der Waals surface area (Å²) in [5.74, 6) is -0.376. The lowest BCUT2D eigenvalue weighted by atomic mass is 10.3. The molecule has 0 fully saturated rings. The molecule has 110 valence electrons. The fourth-order valence-electron chi connectivity index (χ4n) is 1.54. The number of nitrogens with one attached hydrogen (secondary N) is 1. The van der Waals surface area contributed by atoms with Crippen LogP contribution in [0.25, 0.3) is 0 Å². The number of para-hydroxylation sites is 2. The summed E-state index contributed by atoms with van der Waals surface area (Å²) in [5.41, 5.74) is 11.3. The molecule has 2 amide bonds. The highest BCUT2D eigenvalue weighted by molar-refractivity contribution is 7.13. The van der Waals surface area contributed by atoms with Gasteiger partial charge in [0.25, 0.3) is 5.91 Å². The van der Waals surface area contributed by atoms with Gasteiger partial charge < -0.3 is 21.5 Å². The Morgan fingerprint density at radius 2 is 2.10 bits per heavy atom. The van der Waals surface area contributed by atoms with Gasteiger partial charge >= 0.3 is 0 Å². The zero-order chi connectivity index (χ0) is 15.2. The number of nitrogens with two attached hydrogens (primary N) is 2. The minimum atomic E-state index is -0.450. The number of hydrogen-bond donors (Lipinski definition) is 3. The highest BCUT2D eigenvalue weighted by Gasteiger charge is 2.12. The average Bonchev–Trinajstić information content (AvgIpc) is 2.87. The van der Waals surface area contributed by atoms with Crippen LogP contribution >= 0.6 is 11.3 Å². The predicted octanol–water partition coefficient (Wildman–Crippen LogP) is 1.23. The van der Waals surface area contributed by atoms with Gasteiger partial charge in [-0.15, -0.1) is 11.3 Å². The van der Waals surface area contributed by atoms with E-state index in [1.54, 1.807) is 29.6 Å². The Kier molecular flexibility index (Phi) is 4.72. The van der Waals surface area contributed by atoms with Crippen molar-refractivity contribution in [1.29, 1.82) is 0 Å². The maximum absolute atomic E-state index is 12.0. The number of benzene rings is 1. The minimum Gasteiger partial charge on any atom is -0.491 e. The number of thiazole rings is 1. The SMILES string of the molecule is NC(=O)CCOc1ccccc1NC(=O)c1csc(N)n1. The molecule has 0 atom stereocenters. The number of anilines is 2. The highest BCUT2D eigenvalue weighted by atomic mass is 32.1. The maximum Gasteiger partial charge on any atom is 0.275 e. The van der Waals surface area contributed by atoms with Crippen LogP contribution in [0.3, 0.4) is 0 Å². The van der Waals surface area contributed by atoms with Crippen molar-refractivity contribution in [2.24, 2.45) is 5.73 Å². The molecule has 0 unspecified atom stereocenters. The van der Waals surface area contributed by atoms with Crippen molar-refractivity contribution in [2.45, 2.75) is 6.42 Å². The first-order chi connectivity index (χ1) is 10.1. The molecule has 0 spiro atoms. The van der Waals surface area contributed by atoms with E-state index in [1.165, 1.54) is 11.3 Å². The van der Waals surface area contributed by atoms with Gasteiger partial charge in [-0.1, -0.05) is 12.1 Å². The second-order valence-electron chi connectivity index (χ2n) is 4.09. The van der Waals surface area contributed by atoms with E-state index in [-0.39, 0.29) is 24.6 Å². The van der Waals surface area contributed by atoms with Crippen molar-refractivity contribution in [3.05, 3.63) is 35.3 Å². The molecule has 1 aromatic heterocycles. The standard InChI is InChI=1S/C13H14N4O3S/c14-11(18)5-6-20-10-4-2-1-3-8(10)16-12(19)9-7-21-13(15)17-9/h1-4,7H,5-6H2,(H2,14,18)(H2,15,17)(H,16,19). The summed E-state index contributed by atoms with van der Waals surface area (Å²) < 4.78 is 5.43. The number of nitrogens with zero attached hydrogens (tertiary/aromatic N) is 1. The molecule has 2 rings (SSSR count). The Balaban J connectivity index is 2.05. The summed E-state index contributed by atoms with van der Waals surface area (Å²) in [5, 5.41) is 4.58. The van der Waals surface area contributed by atoms with Crippen molar-refractivity contribution >= 4 is 34.0 Å². The molecular weight excluding hydrogens is 292 g/mol. The first-order valence-electron chi connectivity index (χ1n) is 6.09. The number of primary amides is 1. The molecule has 0 saturated heterocycles. The fraction of sp³-hybridized carbons (Fsp3) is 0.154. The number of aromatic nitrogens is 1. The van der Waals surface area contributed by atoms with Crippen molar-refractivity contribution < 1.29 is 14.3 Å². The van der Waals surface area contributed by atoms with Gasteiger partial charge in [-0.25, -0.2) is 4.98 Å². The van der Waals surface area contributed by atoms with Crippen molar-refractivity contribution in [3.63, 3.8) is 0 Å². The Morgan fingerprint density at radius 1 is 1.33 bits per heavy atom. The summed E-state index contributed by atoms with van der Waals surface area (Å²) >= 11 is 1.19. The topological polar surface area (TPSA) is 120 Å². The molecule has 0 radical (unpaired) electrons. The first kappa shape index (κ1) is 14.8. The Labute approximate surface area is 124 Å². The molecule has 0 saturated carbocycles. The third-order valence-corrected chi connectivity index (χ3v) is 3.17. The lowest BCUT2D eigenvalue weighted by Crippen LogP contribution is -2.16. The van der Waals surface area contributed by atoms with Gasteiger partial charge in [-0.2, -0.15) is 0 Å². The van der Waals surface area contributed by atoms with Crippen LogP contribution in [-0.2, 0) is 4.79 Å². The van der Waals surface area contributed by atoms with Crippen LogP contribution in [0.2, 0.25) is 0 Å². The molecule has 7 nitrogen and oxygen atoms in total. The fourth-order valence-corrected chi connectivity index (χ4v) is 2.08. The molecule has 8 heteroatoms. The number of amides is 2. The second kappa shape index (κ2) is 6.71. The molecule has 1 heterocycles. The van der Waals surface area contributed by atoms with E-state index in [2.05, 4.69) is 10.3 Å². The molecule has 2 aromatic rings. The van der Waals surface area contributed by atoms with Gasteiger partial charge in [-0.05, 0) is 12.1 Å². The van der Waals surface area contributed by atoms with E-state index in [0.29, 0.717) is 16.6 Å². The predicted molar refractivity (Wildman–Crippen MR) is 80.2 cm³/mol. The molecule has 0 aliphatic heterocycles. The van der Waals surface area contributed by atoms with Gasteiger partial charge in [0.05, 0.1) is 18.7 Å². The van der Waals surface area contributed by atoms with Gasteiger partial charge in [0.15, 0.2) is 5.13 Å². The van der Waals surface area contributed by atoms with E-state index < -0.39 is 5.91 Å². The van der Waals surface area contributed by atoms with Gasteiger partial charge in [-0.3, -0.25) is 9.59 Å². The third-order valence-electron chi connectivity index (χ3n) is 2.50. The van der Waals surface area contributed by atoms with Crippen molar-refractivity contribution in [2.75, 3.05) is 17.7 Å². The molecule has 5 N–H and O–H groups in total. The number of carbonyl (C=O) groups is 2. The zero-order valence-electron chi connectivity index (χ0n) is 11.0. The van der Waals surface area contributed by atoms with Crippen LogP contribution in [0.4, 0.5) is 10.8 Å². The number of nitrogen functional groups attached to an aromatic ring is 1. The highest BCUT2D eigenvalue weighted by Crippen LogP contribution is 2.24. The van der Waals surface area contributed by atoms with Gasteiger partial charge in [0.2, 0.25) is 5.91 Å². The number of carbonyl (C=O) groups excluding carboxylic acids is 2. The van der Waals surface area contributed by atoms with E-state index in [0.717, 1.165) is 0 Å². The molecular formula is C13H14N4O3S. The minimum absolute atomic E-state index is 0.102. The third kappa shape index (κ3) is 4.18. The summed E-state index contributed by atoms with van der Waals surface area (Å²) in [4.78, 5) is 26.6. The quantitative estimate of drug-likeness (QED) is 0.741. The summed E-state index contributed by atoms with van der Waals surface area (Å²) in [6, 6.07) is 6.89. The normalized spacial score (nSPS) is 10.1. The monoisotopic (exact) mass is 306 g/mol. The van der Waals surface area contributed by atoms with Crippen LogP contribution in [0, 0.1) is 0 Å². The maximum atomic E-state index is 12.0. The molecule has 0 bridgehead atoms. The summed E-state index contributed by atoms with van der Waals surface area (Å²) in [6.45, 7) is 0.145. The summed E-state index contributed by atoms with van der Waals surface area (Å²) in [6.07, 6.45) is 0.102. The van der Waals surface area contributed by atoms with Crippen LogP contribution in [0.15, 0.2) is 29.6 Å². The Morgan fingerprint density at radius 3 is 2.76 bits per heavy atom. The Hall–Kier alpha value is -2.61. The number of hydrogen-bond acceptors (Lipinski definition) is 6. The second-order valence-corrected chi connectivity index (χ2v) is 4.98. The van der Waals surface area contributed by atoms with E-state index in [4.69, 9.17) is 16.2 Å². The van der Waals surface area contributed by atoms with Crippen LogP contribution in [-0.4, -0.2) is 23.4 Å². The number of rotatable bonds is 6. The first-order valence-corrected chi connectivity index (χ1v) is 6.96. The Bertz CT molecular complexity index is 656. The van der Waals surface area contributed by atoms with E-state index in [1.807, 2.05) is 0 Å². The van der Waals surface area contributed by atoms with Crippen molar-refractivity contribution in [1.82, 2.24) is 4.98 Å². The van der Waals surface area contributed by atoms with Gasteiger partial charge in [0, 0.05) is 5.38 Å². The van der Waals surface area contributed by atoms with Crippen LogP contribution < -0.4 is 21.5 Å².